The lowest BCUT2D eigenvalue weighted by Gasteiger charge is -2.11. The van der Waals surface area contributed by atoms with Gasteiger partial charge in [-0.15, -0.1) is 0 Å². The van der Waals surface area contributed by atoms with E-state index in [9.17, 15) is 5.11 Å². The number of hydrogen-bond donors (Lipinski definition) is 1. The maximum Gasteiger partial charge on any atom is 0.108 e. The molecule has 2 aromatic rings. The van der Waals surface area contributed by atoms with Crippen LogP contribution in [0.15, 0.2) is 35.1 Å². The molecule has 1 heterocycles. The first-order chi connectivity index (χ1) is 8.61. The number of hydrogen-bond acceptors (Lipinski definition) is 2. The van der Waals surface area contributed by atoms with Crippen molar-refractivity contribution in [3.05, 3.63) is 51.2 Å². The van der Waals surface area contributed by atoms with Crippen LogP contribution in [0.1, 0.15) is 30.6 Å². The monoisotopic (exact) mass is 328 g/mol. The van der Waals surface area contributed by atoms with E-state index in [4.69, 9.17) is 11.6 Å². The molecule has 0 saturated carbocycles. The SMILES string of the molecule is CCCn1cc(C(O)c2ccc(Cl)cc2Br)cn1. The van der Waals surface area contributed by atoms with Gasteiger partial charge in [-0.25, -0.2) is 0 Å². The molecule has 1 N–H and O–H groups in total. The van der Waals surface area contributed by atoms with E-state index in [1.165, 1.54) is 0 Å². The summed E-state index contributed by atoms with van der Waals surface area (Å²) in [6, 6.07) is 5.35. The van der Waals surface area contributed by atoms with Crippen LogP contribution in [0.4, 0.5) is 0 Å². The first-order valence-electron chi connectivity index (χ1n) is 5.77. The lowest BCUT2D eigenvalue weighted by molar-refractivity contribution is 0.219. The van der Waals surface area contributed by atoms with Gasteiger partial charge in [-0.2, -0.15) is 5.10 Å². The predicted molar refractivity (Wildman–Crippen MR) is 75.7 cm³/mol. The third kappa shape index (κ3) is 2.94. The van der Waals surface area contributed by atoms with Crippen LogP contribution in [0.25, 0.3) is 0 Å². The molecule has 18 heavy (non-hydrogen) atoms. The van der Waals surface area contributed by atoms with Gasteiger partial charge >= 0.3 is 0 Å². The minimum atomic E-state index is -0.692. The summed E-state index contributed by atoms with van der Waals surface area (Å²) in [6.07, 6.45) is 3.89. The molecule has 0 fully saturated rings. The molecule has 1 aromatic heterocycles. The molecule has 2 rings (SSSR count). The average Bonchev–Trinajstić information content (AvgIpc) is 2.77. The van der Waals surface area contributed by atoms with E-state index in [1.807, 2.05) is 16.9 Å². The first kappa shape index (κ1) is 13.6. The highest BCUT2D eigenvalue weighted by Crippen LogP contribution is 2.30. The van der Waals surface area contributed by atoms with Gasteiger partial charge in [0.15, 0.2) is 0 Å². The summed E-state index contributed by atoms with van der Waals surface area (Å²) < 4.78 is 2.63. The molecule has 0 radical (unpaired) electrons. The minimum Gasteiger partial charge on any atom is -0.383 e. The van der Waals surface area contributed by atoms with Crippen molar-refractivity contribution in [3.8, 4) is 0 Å². The Bertz CT molecular complexity index is 542. The average molecular weight is 330 g/mol. The van der Waals surface area contributed by atoms with Gasteiger partial charge in [0.25, 0.3) is 0 Å². The molecule has 0 aliphatic rings. The highest BCUT2D eigenvalue weighted by Gasteiger charge is 2.15. The van der Waals surface area contributed by atoms with Crippen LogP contribution in [0.2, 0.25) is 5.02 Å². The van der Waals surface area contributed by atoms with E-state index in [0.717, 1.165) is 28.6 Å². The van der Waals surface area contributed by atoms with Crippen LogP contribution in [-0.4, -0.2) is 14.9 Å². The van der Waals surface area contributed by atoms with E-state index < -0.39 is 6.10 Å². The number of aliphatic hydroxyl groups excluding tert-OH is 1. The lowest BCUT2D eigenvalue weighted by atomic mass is 10.1. The fourth-order valence-corrected chi connectivity index (χ4v) is 2.67. The van der Waals surface area contributed by atoms with Gasteiger partial charge in [0.05, 0.1) is 6.20 Å². The van der Waals surface area contributed by atoms with Gasteiger partial charge in [0.1, 0.15) is 6.10 Å². The summed E-state index contributed by atoms with van der Waals surface area (Å²) in [5, 5.41) is 15.2. The van der Waals surface area contributed by atoms with Crippen molar-refractivity contribution in [1.29, 1.82) is 0 Å². The third-order valence-electron chi connectivity index (χ3n) is 2.68. The Morgan fingerprint density at radius 2 is 2.28 bits per heavy atom. The van der Waals surface area contributed by atoms with Crippen LogP contribution in [0.3, 0.4) is 0 Å². The normalized spacial score (nSPS) is 12.7. The highest BCUT2D eigenvalue weighted by atomic mass is 79.9. The minimum absolute atomic E-state index is 0.638. The van der Waals surface area contributed by atoms with E-state index in [2.05, 4.69) is 28.0 Å². The maximum atomic E-state index is 10.3. The van der Waals surface area contributed by atoms with E-state index in [-0.39, 0.29) is 0 Å². The van der Waals surface area contributed by atoms with Gasteiger partial charge in [-0.3, -0.25) is 4.68 Å². The second-order valence-electron chi connectivity index (χ2n) is 4.11. The van der Waals surface area contributed by atoms with E-state index in [0.29, 0.717) is 5.02 Å². The Hall–Kier alpha value is -0.840. The van der Waals surface area contributed by atoms with Gasteiger partial charge in [-0.05, 0) is 24.1 Å². The summed E-state index contributed by atoms with van der Waals surface area (Å²) >= 11 is 9.30. The molecule has 0 saturated heterocycles. The van der Waals surface area contributed by atoms with Crippen molar-refractivity contribution < 1.29 is 5.11 Å². The number of aliphatic hydroxyl groups is 1. The van der Waals surface area contributed by atoms with E-state index in [1.54, 1.807) is 18.3 Å². The summed E-state index contributed by atoms with van der Waals surface area (Å²) in [5.41, 5.74) is 1.57. The fraction of sp³-hybridized carbons (Fsp3) is 0.308. The Balaban J connectivity index is 2.26. The van der Waals surface area contributed by atoms with Crippen molar-refractivity contribution in [3.63, 3.8) is 0 Å². The summed E-state index contributed by atoms with van der Waals surface area (Å²) in [7, 11) is 0. The van der Waals surface area contributed by atoms with Gasteiger partial charge < -0.3 is 5.11 Å². The zero-order valence-electron chi connectivity index (χ0n) is 9.98. The van der Waals surface area contributed by atoms with E-state index >= 15 is 0 Å². The molecule has 96 valence electrons. The van der Waals surface area contributed by atoms with Gasteiger partial charge in [0.2, 0.25) is 0 Å². The molecule has 1 atom stereocenters. The molecule has 0 spiro atoms. The molecule has 0 aliphatic heterocycles. The van der Waals surface area contributed by atoms with Crippen LogP contribution in [-0.2, 0) is 6.54 Å². The van der Waals surface area contributed by atoms with Crippen LogP contribution in [0.5, 0.6) is 0 Å². The molecule has 1 aromatic carbocycles. The number of benzene rings is 1. The predicted octanol–water partition coefficient (Wildman–Crippen LogP) is 3.79. The number of rotatable bonds is 4. The topological polar surface area (TPSA) is 38.0 Å². The quantitative estimate of drug-likeness (QED) is 0.926. The standard InChI is InChI=1S/C13H14BrClN2O/c1-2-5-17-8-9(7-16-17)13(18)11-4-3-10(15)6-12(11)14/h3-4,6-8,13,18H,2,5H2,1H3. The molecule has 0 amide bonds. The van der Waals surface area contributed by atoms with Crippen molar-refractivity contribution in [2.75, 3.05) is 0 Å². The second-order valence-corrected chi connectivity index (χ2v) is 5.40. The van der Waals surface area contributed by atoms with Crippen molar-refractivity contribution in [2.45, 2.75) is 26.0 Å². The molecule has 0 aliphatic carbocycles. The lowest BCUT2D eigenvalue weighted by Crippen LogP contribution is -2.00. The van der Waals surface area contributed by atoms with Crippen LogP contribution in [0, 0.1) is 0 Å². The zero-order valence-corrected chi connectivity index (χ0v) is 12.3. The Morgan fingerprint density at radius 1 is 1.50 bits per heavy atom. The Labute approximate surface area is 120 Å². The third-order valence-corrected chi connectivity index (χ3v) is 3.60. The number of aromatic nitrogens is 2. The van der Waals surface area contributed by atoms with Crippen molar-refractivity contribution >= 4 is 27.5 Å². The fourth-order valence-electron chi connectivity index (χ4n) is 1.77. The molecule has 5 heteroatoms. The molecule has 0 bridgehead atoms. The summed E-state index contributed by atoms with van der Waals surface area (Å²) in [6.45, 7) is 2.95. The number of halogens is 2. The molecular formula is C13H14BrClN2O. The highest BCUT2D eigenvalue weighted by molar-refractivity contribution is 9.10. The Kier molecular flexibility index (Phi) is 4.43. The number of nitrogens with zero attached hydrogens (tertiary/aromatic N) is 2. The van der Waals surface area contributed by atoms with Gasteiger partial charge in [-0.1, -0.05) is 40.5 Å². The van der Waals surface area contributed by atoms with Crippen molar-refractivity contribution in [1.82, 2.24) is 9.78 Å². The summed E-state index contributed by atoms with van der Waals surface area (Å²) in [4.78, 5) is 0. The second kappa shape index (κ2) is 5.87. The maximum absolute atomic E-state index is 10.3. The summed E-state index contributed by atoms with van der Waals surface area (Å²) in [5.74, 6) is 0. The largest absolute Gasteiger partial charge is 0.383 e. The molecule has 3 nitrogen and oxygen atoms in total. The first-order valence-corrected chi connectivity index (χ1v) is 6.94. The van der Waals surface area contributed by atoms with Gasteiger partial charge in [0, 0.05) is 27.8 Å². The smallest absolute Gasteiger partial charge is 0.108 e. The van der Waals surface area contributed by atoms with Crippen LogP contribution < -0.4 is 0 Å². The zero-order chi connectivity index (χ0) is 13.1. The Morgan fingerprint density at radius 3 is 2.94 bits per heavy atom. The number of aryl methyl sites for hydroxylation is 1. The van der Waals surface area contributed by atoms with Crippen LogP contribution >= 0.6 is 27.5 Å². The van der Waals surface area contributed by atoms with Crippen molar-refractivity contribution in [2.24, 2.45) is 0 Å². The molecular weight excluding hydrogens is 316 g/mol. The molecule has 1 unspecified atom stereocenters.